The second kappa shape index (κ2) is 5.39. The number of halogens is 3. The van der Waals surface area contributed by atoms with Gasteiger partial charge in [-0.1, -0.05) is 23.2 Å². The van der Waals surface area contributed by atoms with Crippen molar-refractivity contribution in [2.24, 2.45) is 0 Å². The van der Waals surface area contributed by atoms with Crippen LogP contribution in [0.1, 0.15) is 0 Å². The number of nitrogens with one attached hydrogen (secondary N) is 1. The molecule has 1 rings (SSSR count). The molecule has 86 valence electrons. The average molecular weight is 282 g/mol. The summed E-state index contributed by atoms with van der Waals surface area (Å²) in [6.45, 7) is 0. The van der Waals surface area contributed by atoms with Crippen molar-refractivity contribution in [1.29, 1.82) is 0 Å². The number of urea groups is 1. The van der Waals surface area contributed by atoms with E-state index >= 15 is 0 Å². The molecule has 1 N–H and O–H groups in total. The summed E-state index contributed by atoms with van der Waals surface area (Å²) >= 11 is 16.6. The van der Waals surface area contributed by atoms with E-state index in [0.717, 1.165) is 4.90 Å². The van der Waals surface area contributed by atoms with Gasteiger partial charge >= 0.3 is 11.4 Å². The van der Waals surface area contributed by atoms with E-state index < -0.39 is 11.4 Å². The molecule has 0 saturated carbocycles. The molecule has 0 bridgehead atoms. The Morgan fingerprint density at radius 2 is 1.88 bits per heavy atom. The Morgan fingerprint density at radius 3 is 2.38 bits per heavy atom. The molecule has 0 aliphatic rings. The van der Waals surface area contributed by atoms with Crippen LogP contribution in [0.2, 0.25) is 10.0 Å². The number of nitrogens with zero attached hydrogens (tertiary/aromatic N) is 1. The molecular weight excluding hydrogens is 274 g/mol. The van der Waals surface area contributed by atoms with Crippen LogP contribution >= 0.6 is 34.8 Å². The highest BCUT2D eigenvalue weighted by Gasteiger charge is 2.14. The first kappa shape index (κ1) is 13.1. The summed E-state index contributed by atoms with van der Waals surface area (Å²) in [5.41, 5.74) is 0.421. The van der Waals surface area contributed by atoms with Crippen LogP contribution in [-0.4, -0.2) is 23.3 Å². The number of hydrogen-bond acceptors (Lipinski definition) is 2. The number of rotatable bonds is 1. The van der Waals surface area contributed by atoms with Crippen molar-refractivity contribution >= 4 is 51.9 Å². The summed E-state index contributed by atoms with van der Waals surface area (Å²) in [6, 6.07) is 3.90. The maximum atomic E-state index is 11.4. The molecule has 4 nitrogen and oxygen atoms in total. The number of imide groups is 1. The topological polar surface area (TPSA) is 49.4 Å². The molecule has 16 heavy (non-hydrogen) atoms. The molecule has 1 aromatic rings. The van der Waals surface area contributed by atoms with Crippen molar-refractivity contribution in [1.82, 2.24) is 4.90 Å². The molecule has 0 aliphatic heterocycles. The first-order valence-electron chi connectivity index (χ1n) is 4.11. The van der Waals surface area contributed by atoms with Gasteiger partial charge in [-0.3, -0.25) is 9.69 Å². The largest absolute Gasteiger partial charge is 0.329 e. The van der Waals surface area contributed by atoms with Crippen LogP contribution in [0.3, 0.4) is 0 Å². The lowest BCUT2D eigenvalue weighted by Gasteiger charge is -2.12. The number of amides is 3. The fourth-order valence-electron chi connectivity index (χ4n) is 0.861. The van der Waals surface area contributed by atoms with Gasteiger partial charge in [0.2, 0.25) is 0 Å². The van der Waals surface area contributed by atoms with E-state index in [-0.39, 0.29) is 0 Å². The van der Waals surface area contributed by atoms with Crippen LogP contribution < -0.4 is 5.32 Å². The van der Waals surface area contributed by atoms with Gasteiger partial charge in [-0.05, 0) is 29.8 Å². The lowest BCUT2D eigenvalue weighted by molar-refractivity contribution is 0.216. The van der Waals surface area contributed by atoms with Gasteiger partial charge in [0, 0.05) is 12.7 Å². The SMILES string of the molecule is CN(C(=O)Cl)C(=O)Nc1ccc(Cl)c(Cl)c1. The quantitative estimate of drug-likeness (QED) is 0.628. The summed E-state index contributed by atoms with van der Waals surface area (Å²) in [7, 11) is 1.25. The zero-order chi connectivity index (χ0) is 12.3. The first-order chi connectivity index (χ1) is 7.41. The van der Waals surface area contributed by atoms with Crippen molar-refractivity contribution < 1.29 is 9.59 Å². The third-order valence-corrected chi connectivity index (χ3v) is 2.73. The summed E-state index contributed by atoms with van der Waals surface area (Å²) in [5, 5.41) is 2.23. The highest BCUT2D eigenvalue weighted by Crippen LogP contribution is 2.25. The lowest BCUT2D eigenvalue weighted by Crippen LogP contribution is -2.33. The van der Waals surface area contributed by atoms with Crippen LogP contribution in [0.5, 0.6) is 0 Å². The van der Waals surface area contributed by atoms with E-state index in [1.807, 2.05) is 0 Å². The summed E-state index contributed by atoms with van der Waals surface area (Å²) < 4.78 is 0. The second-order valence-corrected chi connectivity index (χ2v) is 4.01. The number of hydrogen-bond donors (Lipinski definition) is 1. The molecule has 0 spiro atoms. The minimum atomic E-state index is -0.877. The van der Waals surface area contributed by atoms with E-state index in [2.05, 4.69) is 5.32 Å². The van der Waals surface area contributed by atoms with E-state index in [0.29, 0.717) is 15.7 Å². The van der Waals surface area contributed by atoms with E-state index in [1.165, 1.54) is 19.2 Å². The molecule has 7 heteroatoms. The van der Waals surface area contributed by atoms with E-state index in [1.54, 1.807) is 6.07 Å². The van der Waals surface area contributed by atoms with Crippen LogP contribution in [0.4, 0.5) is 15.3 Å². The van der Waals surface area contributed by atoms with E-state index in [9.17, 15) is 9.59 Å². The Hall–Kier alpha value is -0.970. The molecule has 0 fully saturated rings. The molecule has 0 atom stereocenters. The number of benzene rings is 1. The van der Waals surface area contributed by atoms with Crippen molar-refractivity contribution in [3.8, 4) is 0 Å². The normalized spacial score (nSPS) is 9.75. The van der Waals surface area contributed by atoms with Gasteiger partial charge in [0.05, 0.1) is 10.0 Å². The van der Waals surface area contributed by atoms with E-state index in [4.69, 9.17) is 34.8 Å². The van der Waals surface area contributed by atoms with Gasteiger partial charge < -0.3 is 5.32 Å². The minimum Gasteiger partial charge on any atom is -0.307 e. The van der Waals surface area contributed by atoms with Crippen molar-refractivity contribution in [2.75, 3.05) is 12.4 Å². The number of anilines is 1. The van der Waals surface area contributed by atoms with Gasteiger partial charge in [0.25, 0.3) is 0 Å². The Balaban J connectivity index is 2.77. The maximum absolute atomic E-state index is 11.4. The van der Waals surface area contributed by atoms with Gasteiger partial charge in [-0.15, -0.1) is 0 Å². The third kappa shape index (κ3) is 3.27. The molecule has 0 radical (unpaired) electrons. The molecule has 0 heterocycles. The van der Waals surface area contributed by atoms with Gasteiger partial charge in [0.15, 0.2) is 0 Å². The van der Waals surface area contributed by atoms with Crippen molar-refractivity contribution in [3.63, 3.8) is 0 Å². The molecule has 0 aromatic heterocycles. The van der Waals surface area contributed by atoms with Crippen LogP contribution in [-0.2, 0) is 0 Å². The first-order valence-corrected chi connectivity index (χ1v) is 5.24. The Bertz CT molecular complexity index is 437. The number of carbonyl (C=O) groups is 2. The van der Waals surface area contributed by atoms with Crippen LogP contribution in [0.25, 0.3) is 0 Å². The summed E-state index contributed by atoms with van der Waals surface area (Å²) in [6.07, 6.45) is 0. The maximum Gasteiger partial charge on any atom is 0.329 e. The standard InChI is InChI=1S/C9H7Cl3N2O2/c1-14(8(12)15)9(16)13-5-2-3-6(10)7(11)4-5/h2-4H,1H3,(H,13,16). The molecule has 0 aliphatic carbocycles. The van der Waals surface area contributed by atoms with Gasteiger partial charge in [-0.2, -0.15) is 0 Å². The minimum absolute atomic E-state index is 0.305. The van der Waals surface area contributed by atoms with Crippen molar-refractivity contribution in [3.05, 3.63) is 28.2 Å². The van der Waals surface area contributed by atoms with Gasteiger partial charge in [-0.25, -0.2) is 4.79 Å². The fourth-order valence-corrected chi connectivity index (χ4v) is 1.24. The average Bonchev–Trinajstić information content (AvgIpc) is 2.22. The highest BCUT2D eigenvalue weighted by molar-refractivity contribution is 6.64. The Morgan fingerprint density at radius 1 is 1.25 bits per heavy atom. The van der Waals surface area contributed by atoms with Gasteiger partial charge in [0.1, 0.15) is 0 Å². The third-order valence-electron chi connectivity index (χ3n) is 1.74. The zero-order valence-corrected chi connectivity index (χ0v) is 10.4. The Labute approximate surface area is 107 Å². The summed E-state index contributed by atoms with van der Waals surface area (Å²) in [5.74, 6) is 0. The molecule has 0 unspecified atom stereocenters. The van der Waals surface area contributed by atoms with Crippen LogP contribution in [0.15, 0.2) is 18.2 Å². The smallest absolute Gasteiger partial charge is 0.307 e. The predicted octanol–water partition coefficient (Wildman–Crippen LogP) is 3.82. The monoisotopic (exact) mass is 280 g/mol. The number of carbonyl (C=O) groups excluding carboxylic acids is 2. The fraction of sp³-hybridized carbons (Fsp3) is 0.111. The molecule has 0 saturated heterocycles. The lowest BCUT2D eigenvalue weighted by atomic mass is 10.3. The summed E-state index contributed by atoms with van der Waals surface area (Å²) in [4.78, 5) is 22.8. The highest BCUT2D eigenvalue weighted by atomic mass is 35.5. The predicted molar refractivity (Wildman–Crippen MR) is 64.5 cm³/mol. The molecular formula is C9H7Cl3N2O2. The second-order valence-electron chi connectivity index (χ2n) is 2.87. The van der Waals surface area contributed by atoms with Crippen LogP contribution in [0, 0.1) is 0 Å². The molecule has 3 amide bonds. The Kier molecular flexibility index (Phi) is 4.41. The zero-order valence-electron chi connectivity index (χ0n) is 8.13. The van der Waals surface area contributed by atoms with Crippen molar-refractivity contribution in [2.45, 2.75) is 0 Å². The molecule has 1 aromatic carbocycles.